The molecule has 3 aliphatic rings. The van der Waals surface area contributed by atoms with Gasteiger partial charge >= 0.3 is 6.18 Å². The number of rotatable bonds is 4. The van der Waals surface area contributed by atoms with Crippen LogP contribution in [0.5, 0.6) is 0 Å². The highest BCUT2D eigenvalue weighted by Crippen LogP contribution is 2.49. The molecule has 2 saturated carbocycles. The number of fused-ring (bicyclic) bond motifs is 3. The lowest BCUT2D eigenvalue weighted by Gasteiger charge is -2.34. The van der Waals surface area contributed by atoms with Gasteiger partial charge in [0, 0.05) is 12.5 Å². The summed E-state index contributed by atoms with van der Waals surface area (Å²) >= 11 is 0. The monoisotopic (exact) mass is 432 g/mol. The van der Waals surface area contributed by atoms with Gasteiger partial charge in [-0.1, -0.05) is 36.8 Å². The molecule has 0 radical (unpaired) electrons. The highest BCUT2D eigenvalue weighted by molar-refractivity contribution is 5.99. The smallest absolute Gasteiger partial charge is 0.363 e. The molecule has 6 atom stereocenters. The first-order valence-electron chi connectivity index (χ1n) is 11.1. The molecule has 1 amide bonds. The van der Waals surface area contributed by atoms with Crippen LogP contribution in [-0.4, -0.2) is 27.9 Å². The number of hydrogen-bond donors (Lipinski definition) is 2. The Morgan fingerprint density at radius 2 is 1.97 bits per heavy atom. The molecule has 31 heavy (non-hydrogen) atoms. The molecular formula is C23H27F3N4O. The first-order valence-corrected chi connectivity index (χ1v) is 11.1. The number of anilines is 1. The second-order valence-electron chi connectivity index (χ2n) is 9.35. The number of halogens is 3. The molecule has 1 aliphatic heterocycles. The van der Waals surface area contributed by atoms with E-state index in [2.05, 4.69) is 15.7 Å². The van der Waals surface area contributed by atoms with Crippen molar-refractivity contribution in [3.63, 3.8) is 0 Å². The Bertz CT molecular complexity index is 957. The maximum atomic E-state index is 13.8. The maximum Gasteiger partial charge on any atom is 0.410 e. The van der Waals surface area contributed by atoms with Gasteiger partial charge in [-0.3, -0.25) is 4.79 Å². The Labute approximate surface area is 179 Å². The van der Waals surface area contributed by atoms with Gasteiger partial charge in [0.25, 0.3) is 5.91 Å². The van der Waals surface area contributed by atoms with E-state index in [1.54, 1.807) is 24.3 Å². The number of amides is 1. The second-order valence-corrected chi connectivity index (χ2v) is 9.35. The van der Waals surface area contributed by atoms with Crippen LogP contribution in [0.25, 0.3) is 0 Å². The van der Waals surface area contributed by atoms with Crippen LogP contribution < -0.4 is 10.6 Å². The fraction of sp³-hybridized carbons (Fsp3) is 0.565. The SMILES string of the molecule is C[C@H](NC(=O)c1cnn2c1N[C@H](c1ccccc1)C[C@H]2C(F)(F)F)[C@H]1C[C@H]2CC[C@H]1C2. The summed E-state index contributed by atoms with van der Waals surface area (Å²) in [6.07, 6.45) is 1.49. The number of carbonyl (C=O) groups excluding carboxylic acids is 1. The highest BCUT2D eigenvalue weighted by atomic mass is 19.4. The minimum atomic E-state index is -4.46. The maximum absolute atomic E-state index is 13.8. The molecule has 2 heterocycles. The van der Waals surface area contributed by atoms with Gasteiger partial charge in [0.1, 0.15) is 11.4 Å². The molecule has 5 nitrogen and oxygen atoms in total. The van der Waals surface area contributed by atoms with E-state index < -0.39 is 18.3 Å². The van der Waals surface area contributed by atoms with Gasteiger partial charge < -0.3 is 10.6 Å². The largest absolute Gasteiger partial charge is 0.410 e. The van der Waals surface area contributed by atoms with Gasteiger partial charge in [-0.2, -0.15) is 18.3 Å². The van der Waals surface area contributed by atoms with Gasteiger partial charge in [0.2, 0.25) is 0 Å². The van der Waals surface area contributed by atoms with E-state index in [-0.39, 0.29) is 29.8 Å². The van der Waals surface area contributed by atoms with Gasteiger partial charge in [0.15, 0.2) is 6.04 Å². The Kier molecular flexibility index (Phi) is 4.98. The van der Waals surface area contributed by atoms with Crippen LogP contribution in [0.2, 0.25) is 0 Å². The Balaban J connectivity index is 1.40. The average Bonchev–Trinajstić information content (AvgIpc) is 3.48. The lowest BCUT2D eigenvalue weighted by atomic mass is 9.84. The van der Waals surface area contributed by atoms with Crippen LogP contribution in [-0.2, 0) is 0 Å². The standard InChI is InChI=1S/C23H27F3N4O/c1-13(17-10-14-7-8-16(17)9-14)28-22(31)18-12-27-30-20(23(24,25)26)11-19(29-21(18)30)15-5-3-2-4-6-15/h2-6,12-14,16-17,19-20,29H,7-11H2,1H3,(H,28,31)/t13-,14-,16-,17+,19-,20-/m0/s1. The van der Waals surface area contributed by atoms with E-state index in [4.69, 9.17) is 0 Å². The van der Waals surface area contributed by atoms with Crippen molar-refractivity contribution in [2.45, 2.75) is 63.3 Å². The quantitative estimate of drug-likeness (QED) is 0.707. The number of nitrogens with one attached hydrogen (secondary N) is 2. The summed E-state index contributed by atoms with van der Waals surface area (Å²) < 4.78 is 42.4. The molecule has 5 rings (SSSR count). The molecule has 166 valence electrons. The zero-order chi connectivity index (χ0) is 21.8. The molecule has 2 aliphatic carbocycles. The van der Waals surface area contributed by atoms with E-state index in [0.717, 1.165) is 22.6 Å². The van der Waals surface area contributed by atoms with Crippen molar-refractivity contribution in [2.75, 3.05) is 5.32 Å². The van der Waals surface area contributed by atoms with Gasteiger partial charge in [-0.25, -0.2) is 4.68 Å². The summed E-state index contributed by atoms with van der Waals surface area (Å²) in [5.74, 6) is 1.64. The molecule has 2 aromatic rings. The first-order chi connectivity index (χ1) is 14.8. The molecule has 2 bridgehead atoms. The minimum absolute atomic E-state index is 0.00901. The van der Waals surface area contributed by atoms with Crippen molar-refractivity contribution in [3.05, 3.63) is 47.7 Å². The van der Waals surface area contributed by atoms with E-state index in [9.17, 15) is 18.0 Å². The van der Waals surface area contributed by atoms with E-state index >= 15 is 0 Å². The van der Waals surface area contributed by atoms with E-state index in [1.807, 2.05) is 13.0 Å². The van der Waals surface area contributed by atoms with E-state index in [1.165, 1.54) is 25.5 Å². The highest BCUT2D eigenvalue weighted by Gasteiger charge is 2.47. The van der Waals surface area contributed by atoms with Gasteiger partial charge in [-0.15, -0.1) is 0 Å². The summed E-state index contributed by atoms with van der Waals surface area (Å²) in [6, 6.07) is 6.69. The Morgan fingerprint density at radius 1 is 1.19 bits per heavy atom. The third kappa shape index (κ3) is 3.70. The summed E-state index contributed by atoms with van der Waals surface area (Å²) in [6.45, 7) is 2.01. The van der Waals surface area contributed by atoms with Crippen LogP contribution >= 0.6 is 0 Å². The van der Waals surface area contributed by atoms with Crippen molar-refractivity contribution in [3.8, 4) is 0 Å². The predicted molar refractivity (Wildman–Crippen MR) is 111 cm³/mol. The van der Waals surface area contributed by atoms with Crippen LogP contribution in [0.15, 0.2) is 36.5 Å². The zero-order valence-electron chi connectivity index (χ0n) is 17.4. The molecule has 0 unspecified atom stereocenters. The zero-order valence-corrected chi connectivity index (χ0v) is 17.4. The van der Waals surface area contributed by atoms with Crippen molar-refractivity contribution in [1.82, 2.24) is 15.1 Å². The number of hydrogen-bond acceptors (Lipinski definition) is 3. The summed E-state index contributed by atoms with van der Waals surface area (Å²) in [5.41, 5.74) is 0.927. The predicted octanol–water partition coefficient (Wildman–Crippen LogP) is 5.10. The van der Waals surface area contributed by atoms with Crippen molar-refractivity contribution < 1.29 is 18.0 Å². The van der Waals surface area contributed by atoms with Crippen LogP contribution in [0, 0.1) is 17.8 Å². The summed E-state index contributed by atoms with van der Waals surface area (Å²) in [5, 5.41) is 10.2. The fourth-order valence-corrected chi connectivity index (χ4v) is 5.93. The molecule has 0 saturated heterocycles. The molecule has 8 heteroatoms. The third-order valence-corrected chi connectivity index (χ3v) is 7.48. The third-order valence-electron chi connectivity index (χ3n) is 7.48. The van der Waals surface area contributed by atoms with Gasteiger partial charge in [0.05, 0.1) is 12.2 Å². The topological polar surface area (TPSA) is 59.0 Å². The Morgan fingerprint density at radius 3 is 2.61 bits per heavy atom. The fourth-order valence-electron chi connectivity index (χ4n) is 5.93. The van der Waals surface area contributed by atoms with Crippen LogP contribution in [0.4, 0.5) is 19.0 Å². The minimum Gasteiger partial charge on any atom is -0.363 e. The molecule has 2 N–H and O–H groups in total. The normalized spacial score (nSPS) is 30.5. The summed E-state index contributed by atoms with van der Waals surface area (Å²) in [4.78, 5) is 13.1. The van der Waals surface area contributed by atoms with Crippen LogP contribution in [0.3, 0.4) is 0 Å². The lowest BCUT2D eigenvalue weighted by Crippen LogP contribution is -2.41. The number of benzene rings is 1. The van der Waals surface area contributed by atoms with Crippen LogP contribution in [0.1, 0.15) is 67.0 Å². The molecule has 1 aromatic heterocycles. The molecule has 0 spiro atoms. The Hall–Kier alpha value is -2.51. The number of nitrogens with zero attached hydrogens (tertiary/aromatic N) is 2. The number of carbonyl (C=O) groups is 1. The van der Waals surface area contributed by atoms with Crippen molar-refractivity contribution >= 4 is 11.7 Å². The number of aromatic nitrogens is 2. The van der Waals surface area contributed by atoms with Crippen molar-refractivity contribution in [2.24, 2.45) is 17.8 Å². The van der Waals surface area contributed by atoms with E-state index in [0.29, 0.717) is 11.8 Å². The average molecular weight is 432 g/mol. The number of alkyl halides is 3. The molecule has 1 aromatic carbocycles. The lowest BCUT2D eigenvalue weighted by molar-refractivity contribution is -0.173. The van der Waals surface area contributed by atoms with Crippen molar-refractivity contribution in [1.29, 1.82) is 0 Å². The summed E-state index contributed by atoms with van der Waals surface area (Å²) in [7, 11) is 0. The molecule has 2 fully saturated rings. The molecular weight excluding hydrogens is 405 g/mol. The second kappa shape index (κ2) is 7.57. The first kappa shape index (κ1) is 20.4. The van der Waals surface area contributed by atoms with Gasteiger partial charge in [-0.05, 0) is 49.5 Å².